The van der Waals surface area contributed by atoms with Crippen LogP contribution in [-0.4, -0.2) is 15.5 Å². The van der Waals surface area contributed by atoms with Gasteiger partial charge in [-0.2, -0.15) is 0 Å². The number of anilines is 1. The van der Waals surface area contributed by atoms with Gasteiger partial charge in [-0.3, -0.25) is 14.2 Å². The molecule has 30 heavy (non-hydrogen) atoms. The molecule has 0 saturated heterocycles. The molecule has 2 aromatic heterocycles. The topological polar surface area (TPSA) is 64.0 Å². The number of nitrogens with one attached hydrogen (secondary N) is 1. The van der Waals surface area contributed by atoms with Gasteiger partial charge in [0.05, 0.1) is 11.7 Å². The van der Waals surface area contributed by atoms with Crippen LogP contribution in [0.5, 0.6) is 0 Å². The van der Waals surface area contributed by atoms with Crippen LogP contribution in [0.1, 0.15) is 17.8 Å². The van der Waals surface area contributed by atoms with Crippen LogP contribution in [0.25, 0.3) is 21.3 Å². The Balaban J connectivity index is 1.74. The molecule has 1 N–H and O–H groups in total. The van der Waals surface area contributed by atoms with Gasteiger partial charge in [0, 0.05) is 20.6 Å². The van der Waals surface area contributed by atoms with Crippen LogP contribution < -0.4 is 10.9 Å². The Hall–Kier alpha value is -2.84. The Morgan fingerprint density at radius 3 is 2.50 bits per heavy atom. The first-order valence-electron chi connectivity index (χ1n) is 9.18. The highest BCUT2D eigenvalue weighted by Gasteiger charge is 2.22. The molecule has 152 valence electrons. The summed E-state index contributed by atoms with van der Waals surface area (Å²) in [5, 5.41) is 3.25. The lowest BCUT2D eigenvalue weighted by molar-refractivity contribution is -0.118. The minimum Gasteiger partial charge on any atom is -0.324 e. The number of thiophene rings is 1. The van der Waals surface area contributed by atoms with E-state index in [1.807, 2.05) is 19.1 Å². The smallest absolute Gasteiger partial charge is 0.263 e. The number of halogens is 2. The maximum absolute atomic E-state index is 13.4. The first-order valence-corrected chi connectivity index (χ1v) is 10.8. The fourth-order valence-electron chi connectivity index (χ4n) is 3.26. The standard InChI is InChI=1S/C22H17BrFN3O2S/c1-12(20(28)26-17-9-5-15(23)6-10-17)27-11-25-21-19(22(27)29)18(13(2)30-21)14-3-7-16(24)8-4-14/h3-12H,1-2H3,(H,26,28). The van der Waals surface area contributed by atoms with E-state index in [0.29, 0.717) is 15.9 Å². The summed E-state index contributed by atoms with van der Waals surface area (Å²) in [4.78, 5) is 32.0. The zero-order valence-electron chi connectivity index (χ0n) is 16.1. The Morgan fingerprint density at radius 2 is 1.83 bits per heavy atom. The number of carbonyl (C=O) groups excluding carboxylic acids is 1. The molecule has 0 aliphatic heterocycles. The minimum atomic E-state index is -0.765. The molecule has 0 saturated carbocycles. The van der Waals surface area contributed by atoms with Gasteiger partial charge >= 0.3 is 0 Å². The van der Waals surface area contributed by atoms with Gasteiger partial charge in [-0.05, 0) is 55.8 Å². The second kappa shape index (κ2) is 8.12. The summed E-state index contributed by atoms with van der Waals surface area (Å²) in [6.07, 6.45) is 1.40. The quantitative estimate of drug-likeness (QED) is 0.412. The van der Waals surface area contributed by atoms with Crippen molar-refractivity contribution in [3.8, 4) is 11.1 Å². The molecule has 0 fully saturated rings. The Morgan fingerprint density at radius 1 is 1.17 bits per heavy atom. The predicted octanol–water partition coefficient (Wildman–Crippen LogP) is 5.53. The van der Waals surface area contributed by atoms with E-state index in [1.165, 1.54) is 34.4 Å². The first kappa shape index (κ1) is 20.4. The first-order chi connectivity index (χ1) is 14.3. The van der Waals surface area contributed by atoms with Crippen molar-refractivity contribution < 1.29 is 9.18 Å². The van der Waals surface area contributed by atoms with Crippen molar-refractivity contribution in [3.63, 3.8) is 0 Å². The van der Waals surface area contributed by atoms with Gasteiger partial charge in [0.1, 0.15) is 16.7 Å². The summed E-state index contributed by atoms with van der Waals surface area (Å²) < 4.78 is 15.6. The number of benzene rings is 2. The van der Waals surface area contributed by atoms with E-state index < -0.39 is 6.04 Å². The highest BCUT2D eigenvalue weighted by atomic mass is 79.9. The summed E-state index contributed by atoms with van der Waals surface area (Å²) in [7, 11) is 0. The SMILES string of the molecule is Cc1sc2ncn(C(C)C(=O)Nc3ccc(Br)cc3)c(=O)c2c1-c1ccc(F)cc1. The van der Waals surface area contributed by atoms with Gasteiger partial charge in [0.25, 0.3) is 5.56 Å². The molecule has 1 unspecified atom stereocenters. The van der Waals surface area contributed by atoms with Gasteiger partial charge < -0.3 is 5.32 Å². The second-order valence-corrected chi connectivity index (χ2v) is 8.97. The monoisotopic (exact) mass is 485 g/mol. The highest BCUT2D eigenvalue weighted by molar-refractivity contribution is 9.10. The van der Waals surface area contributed by atoms with Gasteiger partial charge in [0.2, 0.25) is 5.91 Å². The number of fused-ring (bicyclic) bond motifs is 1. The number of rotatable bonds is 4. The number of hydrogen-bond donors (Lipinski definition) is 1. The van der Waals surface area contributed by atoms with Gasteiger partial charge in [0.15, 0.2) is 0 Å². The molecule has 0 radical (unpaired) electrons. The van der Waals surface area contributed by atoms with Crippen LogP contribution in [0.2, 0.25) is 0 Å². The molecule has 0 spiro atoms. The minimum absolute atomic E-state index is 0.304. The number of nitrogens with zero attached hydrogens (tertiary/aromatic N) is 2. The summed E-state index contributed by atoms with van der Waals surface area (Å²) in [6.45, 7) is 3.55. The van der Waals surface area contributed by atoms with Crippen LogP contribution in [0.3, 0.4) is 0 Å². The molecule has 0 aliphatic carbocycles. The Bertz CT molecular complexity index is 1300. The van der Waals surface area contributed by atoms with E-state index in [9.17, 15) is 14.0 Å². The van der Waals surface area contributed by atoms with Crippen LogP contribution in [0.15, 0.2) is 64.1 Å². The summed E-state index contributed by atoms with van der Waals surface area (Å²) in [5.41, 5.74) is 1.80. The van der Waals surface area contributed by atoms with Crippen molar-refractivity contribution in [1.82, 2.24) is 9.55 Å². The molecule has 1 amide bonds. The fraction of sp³-hybridized carbons (Fsp3) is 0.136. The lowest BCUT2D eigenvalue weighted by Gasteiger charge is -2.15. The number of aromatic nitrogens is 2. The van der Waals surface area contributed by atoms with E-state index in [-0.39, 0.29) is 17.3 Å². The predicted molar refractivity (Wildman–Crippen MR) is 121 cm³/mol. The largest absolute Gasteiger partial charge is 0.324 e. The third-order valence-corrected chi connectivity index (χ3v) is 6.40. The zero-order chi connectivity index (χ0) is 21.4. The van der Waals surface area contributed by atoms with Crippen LogP contribution in [0, 0.1) is 12.7 Å². The molecule has 8 heteroatoms. The average Bonchev–Trinajstić information content (AvgIpc) is 3.07. The maximum Gasteiger partial charge on any atom is 0.263 e. The van der Waals surface area contributed by atoms with E-state index in [0.717, 1.165) is 20.5 Å². The molecule has 2 heterocycles. The fourth-order valence-corrected chi connectivity index (χ4v) is 4.53. The van der Waals surface area contributed by atoms with E-state index in [2.05, 4.69) is 26.2 Å². The number of hydrogen-bond acceptors (Lipinski definition) is 4. The Kier molecular flexibility index (Phi) is 5.53. The summed E-state index contributed by atoms with van der Waals surface area (Å²) in [6, 6.07) is 12.4. The van der Waals surface area contributed by atoms with Crippen LogP contribution in [-0.2, 0) is 4.79 Å². The van der Waals surface area contributed by atoms with Crippen molar-refractivity contribution in [2.24, 2.45) is 0 Å². The average molecular weight is 486 g/mol. The van der Waals surface area contributed by atoms with Gasteiger partial charge in [-0.1, -0.05) is 28.1 Å². The molecule has 1 atom stereocenters. The number of amides is 1. The molecule has 0 aliphatic rings. The Labute approximate surface area is 184 Å². The highest BCUT2D eigenvalue weighted by Crippen LogP contribution is 2.35. The third kappa shape index (κ3) is 3.80. The zero-order valence-corrected chi connectivity index (χ0v) is 18.6. The molecular weight excluding hydrogens is 469 g/mol. The second-order valence-electron chi connectivity index (χ2n) is 6.85. The molecular formula is C22H17BrFN3O2S. The van der Waals surface area contributed by atoms with E-state index in [1.54, 1.807) is 31.2 Å². The lowest BCUT2D eigenvalue weighted by Crippen LogP contribution is -2.31. The molecule has 2 aromatic carbocycles. The van der Waals surface area contributed by atoms with Crippen molar-refractivity contribution >= 4 is 49.1 Å². The molecule has 4 aromatic rings. The number of carbonyl (C=O) groups is 1. The van der Waals surface area contributed by atoms with Crippen LogP contribution >= 0.6 is 27.3 Å². The lowest BCUT2D eigenvalue weighted by atomic mass is 10.0. The normalized spacial score (nSPS) is 12.1. The van der Waals surface area contributed by atoms with E-state index in [4.69, 9.17) is 0 Å². The van der Waals surface area contributed by atoms with Crippen molar-refractivity contribution in [2.45, 2.75) is 19.9 Å². The molecule has 0 bridgehead atoms. The van der Waals surface area contributed by atoms with Gasteiger partial charge in [-0.25, -0.2) is 9.37 Å². The summed E-state index contributed by atoms with van der Waals surface area (Å²) >= 11 is 4.76. The number of aryl methyl sites for hydroxylation is 1. The van der Waals surface area contributed by atoms with Crippen molar-refractivity contribution in [1.29, 1.82) is 0 Å². The van der Waals surface area contributed by atoms with Crippen molar-refractivity contribution in [2.75, 3.05) is 5.32 Å². The molecule has 4 rings (SSSR count). The van der Waals surface area contributed by atoms with Crippen molar-refractivity contribution in [3.05, 3.63) is 80.4 Å². The maximum atomic E-state index is 13.4. The van der Waals surface area contributed by atoms with Gasteiger partial charge in [-0.15, -0.1) is 11.3 Å². The molecule has 5 nitrogen and oxygen atoms in total. The van der Waals surface area contributed by atoms with E-state index >= 15 is 0 Å². The third-order valence-electron chi connectivity index (χ3n) is 4.85. The van der Waals surface area contributed by atoms with Crippen LogP contribution in [0.4, 0.5) is 10.1 Å². The summed E-state index contributed by atoms with van der Waals surface area (Å²) in [5.74, 6) is -0.666.